The Morgan fingerprint density at radius 2 is 1.57 bits per heavy atom. The van der Waals surface area contributed by atoms with E-state index in [2.05, 4.69) is 6.58 Å². The lowest BCUT2D eigenvalue weighted by molar-refractivity contribution is 1.52. The molecule has 7 heavy (non-hydrogen) atoms. The van der Waals surface area contributed by atoms with Crippen LogP contribution in [0.3, 0.4) is 0 Å². The molecule has 44 valence electrons. The molecule has 0 rings (SSSR count). The molecule has 0 unspecified atom stereocenters. The van der Waals surface area contributed by atoms with E-state index in [0.29, 0.717) is 11.8 Å². The summed E-state index contributed by atoms with van der Waals surface area (Å²) in [6, 6.07) is 0. The molecule has 0 aromatic heterocycles. The van der Waals surface area contributed by atoms with Gasteiger partial charge in [-0.3, -0.25) is 0 Å². The highest BCUT2D eigenvalue weighted by Crippen LogP contribution is 1.75. The van der Waals surface area contributed by atoms with Gasteiger partial charge in [-0.2, -0.15) is 0 Å². The van der Waals surface area contributed by atoms with Crippen molar-refractivity contribution in [2.45, 2.75) is 6.92 Å². The van der Waals surface area contributed by atoms with Crippen LogP contribution in [0.4, 0.5) is 0 Å². The van der Waals surface area contributed by atoms with Gasteiger partial charge in [0.05, 0.1) is 0 Å². The molecule has 0 amide bonds. The fourth-order valence-electron chi connectivity index (χ4n) is 0. The van der Waals surface area contributed by atoms with Crippen molar-refractivity contribution >= 4 is 23.2 Å². The number of hydrogen-bond donors (Lipinski definition) is 0. The second kappa shape index (κ2) is 16.2. The van der Waals surface area contributed by atoms with Crippen LogP contribution in [0.15, 0.2) is 12.7 Å². The largest absolute Gasteiger partial charge is 0.125 e. The molecule has 0 aromatic carbocycles. The van der Waals surface area contributed by atoms with Crippen LogP contribution in [0, 0.1) is 0 Å². The average Bonchev–Trinajstić information content (AvgIpc) is 1.69. The van der Waals surface area contributed by atoms with Gasteiger partial charge in [0, 0.05) is 11.8 Å². The lowest BCUT2D eigenvalue weighted by Crippen LogP contribution is -1.63. The number of rotatable bonds is 1. The van der Waals surface area contributed by atoms with Gasteiger partial charge in [0.25, 0.3) is 0 Å². The molecule has 0 spiro atoms. The smallest absolute Gasteiger partial charge is 0.0359 e. The minimum Gasteiger partial charge on any atom is -0.125 e. The van der Waals surface area contributed by atoms with Gasteiger partial charge >= 0.3 is 0 Å². The summed E-state index contributed by atoms with van der Waals surface area (Å²) in [6.07, 6.45) is 1.75. The third kappa shape index (κ3) is 67.7. The van der Waals surface area contributed by atoms with Crippen LogP contribution in [0.25, 0.3) is 0 Å². The van der Waals surface area contributed by atoms with Gasteiger partial charge in [-0.05, 0) is 6.92 Å². The first kappa shape index (κ1) is 10.3. The molecule has 0 atom stereocenters. The molecule has 2 heteroatoms. The molecule has 0 saturated heterocycles. The predicted octanol–water partition coefficient (Wildman–Crippen LogP) is 2.66. The molecule has 0 fully saturated rings. The van der Waals surface area contributed by atoms with E-state index in [9.17, 15) is 0 Å². The van der Waals surface area contributed by atoms with Crippen molar-refractivity contribution in [3.8, 4) is 0 Å². The Hall–Kier alpha value is 0.320. The van der Waals surface area contributed by atoms with Gasteiger partial charge in [-0.1, -0.05) is 6.08 Å². The van der Waals surface area contributed by atoms with E-state index in [4.69, 9.17) is 23.2 Å². The van der Waals surface area contributed by atoms with Gasteiger partial charge < -0.3 is 0 Å². The molecule has 0 N–H and O–H groups in total. The van der Waals surface area contributed by atoms with Crippen LogP contribution < -0.4 is 0 Å². The van der Waals surface area contributed by atoms with Gasteiger partial charge in [0.1, 0.15) is 0 Å². The first-order chi connectivity index (χ1) is 3.33. The summed E-state index contributed by atoms with van der Waals surface area (Å²) in [7, 11) is 0. The Balaban J connectivity index is 0. The monoisotopic (exact) mass is 140 g/mol. The van der Waals surface area contributed by atoms with E-state index < -0.39 is 0 Å². The Morgan fingerprint density at radius 3 is 1.57 bits per heavy atom. The summed E-state index contributed by atoms with van der Waals surface area (Å²) in [5, 5.41) is 0. The zero-order valence-electron chi connectivity index (χ0n) is 4.45. The van der Waals surface area contributed by atoms with Crippen LogP contribution in [-0.4, -0.2) is 11.8 Å². The van der Waals surface area contributed by atoms with Crippen molar-refractivity contribution in [2.75, 3.05) is 11.8 Å². The highest BCUT2D eigenvalue weighted by Gasteiger charge is 1.61. The number of halogens is 2. The van der Waals surface area contributed by atoms with E-state index in [1.807, 2.05) is 6.92 Å². The third-order valence-electron chi connectivity index (χ3n) is 0.0714. The number of hydrogen-bond acceptors (Lipinski definition) is 0. The van der Waals surface area contributed by atoms with Crippen molar-refractivity contribution in [3.05, 3.63) is 12.7 Å². The maximum Gasteiger partial charge on any atom is 0.0359 e. The van der Waals surface area contributed by atoms with Crippen molar-refractivity contribution in [1.29, 1.82) is 0 Å². The Morgan fingerprint density at radius 1 is 1.43 bits per heavy atom. The third-order valence-corrected chi connectivity index (χ3v) is 0.643. The first-order valence-corrected chi connectivity index (χ1v) is 3.09. The molecule has 0 aliphatic rings. The number of allylic oxidation sites excluding steroid dienone is 1. The van der Waals surface area contributed by atoms with Gasteiger partial charge in [0.2, 0.25) is 0 Å². The highest BCUT2D eigenvalue weighted by atomic mass is 35.5. The summed E-state index contributed by atoms with van der Waals surface area (Å²) in [5.74, 6) is 1.11. The maximum atomic E-state index is 5.05. The molecular weight excluding hydrogens is 131 g/mol. The second-order valence-electron chi connectivity index (χ2n) is 0.786. The van der Waals surface area contributed by atoms with Gasteiger partial charge in [-0.15, -0.1) is 29.8 Å². The molecule has 0 bridgehead atoms. The fraction of sp³-hybridized carbons (Fsp3) is 0.600. The quantitative estimate of drug-likeness (QED) is 0.389. The average molecular weight is 141 g/mol. The summed E-state index contributed by atoms with van der Waals surface area (Å²) in [5.41, 5.74) is 0. The van der Waals surface area contributed by atoms with Gasteiger partial charge in [-0.25, -0.2) is 0 Å². The normalized spacial score (nSPS) is 6.14. The molecule has 0 heterocycles. The predicted molar refractivity (Wildman–Crippen MR) is 37.3 cm³/mol. The van der Waals surface area contributed by atoms with Crippen LogP contribution >= 0.6 is 23.2 Å². The highest BCUT2D eigenvalue weighted by molar-refractivity contribution is 6.25. The summed E-state index contributed by atoms with van der Waals surface area (Å²) >= 11 is 10.1. The molecule has 0 aromatic rings. The van der Waals surface area contributed by atoms with Crippen molar-refractivity contribution in [2.24, 2.45) is 0 Å². The van der Waals surface area contributed by atoms with E-state index in [1.165, 1.54) is 0 Å². The Kier molecular flexibility index (Phi) is 23.9. The molecular formula is C5H10Cl2. The van der Waals surface area contributed by atoms with E-state index in [-0.39, 0.29) is 0 Å². The summed E-state index contributed by atoms with van der Waals surface area (Å²) < 4.78 is 0. The van der Waals surface area contributed by atoms with Crippen molar-refractivity contribution in [3.63, 3.8) is 0 Å². The van der Waals surface area contributed by atoms with Crippen LogP contribution in [-0.2, 0) is 0 Å². The standard InChI is InChI=1S/C3H6.C2H4Cl2/c1-3-2;3-1-2-4/h3H,1H2,2H3;1-2H2. The van der Waals surface area contributed by atoms with E-state index in [0.717, 1.165) is 0 Å². The lowest BCUT2D eigenvalue weighted by Gasteiger charge is -1.63. The Bertz CT molecular complexity index is 25.3. The lowest BCUT2D eigenvalue weighted by atomic mass is 10.8. The topological polar surface area (TPSA) is 0 Å². The van der Waals surface area contributed by atoms with Crippen molar-refractivity contribution in [1.82, 2.24) is 0 Å². The van der Waals surface area contributed by atoms with Crippen LogP contribution in [0.2, 0.25) is 0 Å². The minimum atomic E-state index is 0.557. The molecule has 0 aliphatic heterocycles. The van der Waals surface area contributed by atoms with E-state index >= 15 is 0 Å². The summed E-state index contributed by atoms with van der Waals surface area (Å²) in [4.78, 5) is 0. The minimum absolute atomic E-state index is 0.557. The van der Waals surface area contributed by atoms with Crippen LogP contribution in [0.1, 0.15) is 6.92 Å². The van der Waals surface area contributed by atoms with E-state index in [1.54, 1.807) is 6.08 Å². The zero-order chi connectivity index (χ0) is 6.12. The molecule has 0 aliphatic carbocycles. The van der Waals surface area contributed by atoms with Gasteiger partial charge in [0.15, 0.2) is 0 Å². The molecule has 0 radical (unpaired) electrons. The molecule has 0 nitrogen and oxygen atoms in total. The maximum absolute atomic E-state index is 5.05. The van der Waals surface area contributed by atoms with Crippen LogP contribution in [0.5, 0.6) is 0 Å². The SMILES string of the molecule is C=CC.ClCCCl. The second-order valence-corrected chi connectivity index (χ2v) is 1.54. The summed E-state index contributed by atoms with van der Waals surface area (Å²) in [6.45, 7) is 5.25. The zero-order valence-corrected chi connectivity index (χ0v) is 5.97. The van der Waals surface area contributed by atoms with Crippen molar-refractivity contribution < 1.29 is 0 Å². The first-order valence-electron chi connectivity index (χ1n) is 2.02. The molecule has 0 saturated carbocycles. The fourth-order valence-corrected chi connectivity index (χ4v) is 0. The Labute approximate surface area is 55.1 Å². The number of alkyl halides is 2.